The Morgan fingerprint density at radius 3 is 2.50 bits per heavy atom. The minimum atomic E-state index is -3.27. The summed E-state index contributed by atoms with van der Waals surface area (Å²) in [7, 11) is -3.27. The fourth-order valence-corrected chi connectivity index (χ4v) is 4.44. The fraction of sp³-hybridized carbons (Fsp3) is 0.545. The number of hydrogen-bond acceptors (Lipinski definition) is 4. The van der Waals surface area contributed by atoms with Gasteiger partial charge >= 0.3 is 0 Å². The van der Waals surface area contributed by atoms with Gasteiger partial charge < -0.3 is 0 Å². The van der Waals surface area contributed by atoms with E-state index in [0.29, 0.717) is 12.0 Å². The molecule has 1 heterocycles. The number of fused-ring (bicyclic) bond motifs is 1. The fourth-order valence-electron chi connectivity index (χ4n) is 2.17. The van der Waals surface area contributed by atoms with Crippen LogP contribution in [0.4, 0.5) is 0 Å². The minimum absolute atomic E-state index is 0.0343. The van der Waals surface area contributed by atoms with Gasteiger partial charge in [-0.3, -0.25) is 4.79 Å². The van der Waals surface area contributed by atoms with Crippen LogP contribution in [0.3, 0.4) is 0 Å². The number of hydrogen-bond donors (Lipinski definition) is 0. The van der Waals surface area contributed by atoms with Crippen molar-refractivity contribution in [1.82, 2.24) is 0 Å². The smallest absolute Gasteiger partial charge is 0.185 e. The summed E-state index contributed by atoms with van der Waals surface area (Å²) in [4.78, 5) is 12.0. The van der Waals surface area contributed by atoms with Gasteiger partial charge in [0.05, 0.1) is 5.56 Å². The highest BCUT2D eigenvalue weighted by molar-refractivity contribution is 7.92. The van der Waals surface area contributed by atoms with Gasteiger partial charge in [-0.05, 0) is 22.8 Å². The minimum Gasteiger partial charge on any atom is -0.294 e. The highest BCUT2D eigenvalue weighted by Crippen LogP contribution is 2.40. The number of thiophene rings is 1. The van der Waals surface area contributed by atoms with Crippen LogP contribution >= 0.6 is 11.3 Å². The van der Waals surface area contributed by atoms with Crippen LogP contribution in [0, 0.1) is 5.41 Å². The number of carbonyl (C=O) groups excluding carboxylic acids is 1. The first-order chi connectivity index (χ1) is 7.21. The zero-order chi connectivity index (χ0) is 12.1. The SMILES string of the molecule is CC1(C)CC(=O)c2c(csc2S(C)(=O)=O)C1. The average molecular weight is 258 g/mol. The molecule has 1 aromatic rings. The molecule has 1 aliphatic carbocycles. The van der Waals surface area contributed by atoms with Crippen molar-refractivity contribution in [2.24, 2.45) is 5.41 Å². The summed E-state index contributed by atoms with van der Waals surface area (Å²) in [6, 6.07) is 0. The van der Waals surface area contributed by atoms with Crippen LogP contribution in [0.1, 0.15) is 36.2 Å². The van der Waals surface area contributed by atoms with Crippen molar-refractivity contribution in [2.75, 3.05) is 6.26 Å². The molecular formula is C11H14O3S2. The first kappa shape index (κ1) is 11.8. The Kier molecular flexibility index (Phi) is 2.51. The van der Waals surface area contributed by atoms with Crippen molar-refractivity contribution in [3.63, 3.8) is 0 Å². The maximum atomic E-state index is 12.0. The van der Waals surface area contributed by atoms with Crippen molar-refractivity contribution in [1.29, 1.82) is 0 Å². The van der Waals surface area contributed by atoms with Crippen LogP contribution in [-0.4, -0.2) is 20.5 Å². The van der Waals surface area contributed by atoms with Gasteiger partial charge in [-0.2, -0.15) is 0 Å². The molecule has 88 valence electrons. The van der Waals surface area contributed by atoms with Gasteiger partial charge in [0.15, 0.2) is 15.6 Å². The summed E-state index contributed by atoms with van der Waals surface area (Å²) in [6.07, 6.45) is 2.37. The number of ketones is 1. The molecule has 1 aromatic heterocycles. The molecule has 3 nitrogen and oxygen atoms in total. The highest BCUT2D eigenvalue weighted by atomic mass is 32.2. The molecule has 2 rings (SSSR count). The molecule has 0 saturated heterocycles. The van der Waals surface area contributed by atoms with Gasteiger partial charge in [-0.15, -0.1) is 11.3 Å². The van der Waals surface area contributed by atoms with Crippen LogP contribution in [-0.2, 0) is 16.3 Å². The topological polar surface area (TPSA) is 51.2 Å². The molecule has 0 aromatic carbocycles. The summed E-state index contributed by atoms with van der Waals surface area (Å²) < 4.78 is 23.3. The Morgan fingerprint density at radius 1 is 1.31 bits per heavy atom. The Morgan fingerprint density at radius 2 is 1.94 bits per heavy atom. The molecule has 0 atom stereocenters. The number of Topliss-reactive ketones (excluding diaryl/α,β-unsaturated/α-hetero) is 1. The summed E-state index contributed by atoms with van der Waals surface area (Å²) >= 11 is 1.17. The highest BCUT2D eigenvalue weighted by Gasteiger charge is 2.35. The Balaban J connectivity index is 2.61. The lowest BCUT2D eigenvalue weighted by molar-refractivity contribution is 0.0910. The third-order valence-electron chi connectivity index (χ3n) is 2.76. The van der Waals surface area contributed by atoms with E-state index in [1.54, 1.807) is 0 Å². The van der Waals surface area contributed by atoms with Crippen LogP contribution in [0.15, 0.2) is 9.59 Å². The largest absolute Gasteiger partial charge is 0.294 e. The van der Waals surface area contributed by atoms with E-state index in [2.05, 4.69) is 0 Å². The van der Waals surface area contributed by atoms with E-state index in [1.807, 2.05) is 19.2 Å². The van der Waals surface area contributed by atoms with E-state index in [0.717, 1.165) is 18.2 Å². The van der Waals surface area contributed by atoms with Crippen LogP contribution in [0.2, 0.25) is 0 Å². The van der Waals surface area contributed by atoms with E-state index >= 15 is 0 Å². The average Bonchev–Trinajstić information content (AvgIpc) is 2.43. The van der Waals surface area contributed by atoms with Crippen LogP contribution < -0.4 is 0 Å². The molecule has 0 unspecified atom stereocenters. The molecule has 5 heteroatoms. The monoisotopic (exact) mass is 258 g/mol. The molecule has 0 saturated carbocycles. The third-order valence-corrected chi connectivity index (χ3v) is 5.65. The summed E-state index contributed by atoms with van der Waals surface area (Å²) in [5, 5.41) is 1.81. The third kappa shape index (κ3) is 1.94. The number of carbonyl (C=O) groups is 1. The predicted octanol–water partition coefficient (Wildman–Crippen LogP) is 2.31. The van der Waals surface area contributed by atoms with Gasteiger partial charge in [0.1, 0.15) is 4.21 Å². The second kappa shape index (κ2) is 3.40. The second-order valence-corrected chi connectivity index (χ2v) is 8.23. The Labute approximate surface area is 99.4 Å². The van der Waals surface area contributed by atoms with Crippen molar-refractivity contribution < 1.29 is 13.2 Å². The normalized spacial score (nSPS) is 19.6. The van der Waals surface area contributed by atoms with Gasteiger partial charge in [0.25, 0.3) is 0 Å². The van der Waals surface area contributed by atoms with Crippen molar-refractivity contribution in [2.45, 2.75) is 30.9 Å². The standard InChI is InChI=1S/C11H14O3S2/c1-11(2)4-7-6-15-10(16(3,13)14)9(7)8(12)5-11/h6H,4-5H2,1-3H3. The lowest BCUT2D eigenvalue weighted by Gasteiger charge is -2.28. The molecule has 0 bridgehead atoms. The first-order valence-electron chi connectivity index (χ1n) is 5.04. The predicted molar refractivity (Wildman–Crippen MR) is 63.9 cm³/mol. The number of sulfone groups is 1. The van der Waals surface area contributed by atoms with Crippen molar-refractivity contribution in [3.05, 3.63) is 16.5 Å². The lowest BCUT2D eigenvalue weighted by Crippen LogP contribution is -2.26. The molecule has 0 spiro atoms. The van der Waals surface area contributed by atoms with E-state index in [4.69, 9.17) is 0 Å². The van der Waals surface area contributed by atoms with Crippen molar-refractivity contribution in [3.8, 4) is 0 Å². The quantitative estimate of drug-likeness (QED) is 0.776. The lowest BCUT2D eigenvalue weighted by atomic mass is 9.75. The summed E-state index contributed by atoms with van der Waals surface area (Å²) in [6.45, 7) is 4.07. The van der Waals surface area contributed by atoms with Crippen LogP contribution in [0.25, 0.3) is 0 Å². The van der Waals surface area contributed by atoms with Gasteiger partial charge in [-0.1, -0.05) is 13.8 Å². The van der Waals surface area contributed by atoms with Crippen molar-refractivity contribution >= 4 is 27.0 Å². The molecular weight excluding hydrogens is 244 g/mol. The number of rotatable bonds is 1. The summed E-state index contributed by atoms with van der Waals surface area (Å²) in [5.41, 5.74) is 1.29. The Bertz CT molecular complexity index is 550. The zero-order valence-corrected chi connectivity index (χ0v) is 11.2. The summed E-state index contributed by atoms with van der Waals surface area (Å²) in [5.74, 6) is -0.0343. The van der Waals surface area contributed by atoms with Crippen LogP contribution in [0.5, 0.6) is 0 Å². The second-order valence-electron chi connectivity index (χ2n) is 5.14. The molecule has 0 amide bonds. The van der Waals surface area contributed by atoms with E-state index < -0.39 is 9.84 Å². The van der Waals surface area contributed by atoms with E-state index in [9.17, 15) is 13.2 Å². The van der Waals surface area contributed by atoms with Gasteiger partial charge in [0.2, 0.25) is 0 Å². The van der Waals surface area contributed by atoms with E-state index in [1.165, 1.54) is 11.3 Å². The molecule has 1 aliphatic rings. The Hall–Kier alpha value is -0.680. The molecule has 0 fully saturated rings. The van der Waals surface area contributed by atoms with Gasteiger partial charge in [0, 0.05) is 12.7 Å². The van der Waals surface area contributed by atoms with E-state index in [-0.39, 0.29) is 15.4 Å². The molecule has 16 heavy (non-hydrogen) atoms. The maximum Gasteiger partial charge on any atom is 0.185 e. The van der Waals surface area contributed by atoms with Gasteiger partial charge in [-0.25, -0.2) is 8.42 Å². The molecule has 0 N–H and O–H groups in total. The molecule has 0 radical (unpaired) electrons. The zero-order valence-electron chi connectivity index (χ0n) is 9.53. The maximum absolute atomic E-state index is 12.0. The molecule has 0 aliphatic heterocycles. The first-order valence-corrected chi connectivity index (χ1v) is 7.81.